The minimum Gasteiger partial charge on any atom is -0.381 e. The van der Waals surface area contributed by atoms with Crippen LogP contribution in [0.2, 0.25) is 0 Å². The third kappa shape index (κ3) is 5.53. The third-order valence-corrected chi connectivity index (χ3v) is 4.15. The largest absolute Gasteiger partial charge is 0.381 e. The van der Waals surface area contributed by atoms with E-state index < -0.39 is 0 Å². The summed E-state index contributed by atoms with van der Waals surface area (Å²) in [5.74, 6) is 1.62. The minimum atomic E-state index is 0.624. The highest BCUT2D eigenvalue weighted by Gasteiger charge is 2.18. The molecule has 0 aromatic carbocycles. The zero-order chi connectivity index (χ0) is 16.7. The van der Waals surface area contributed by atoms with E-state index in [-0.39, 0.29) is 0 Å². The predicted octanol–water partition coefficient (Wildman–Crippen LogP) is 1.82. The van der Waals surface area contributed by atoms with E-state index in [9.17, 15) is 0 Å². The number of guanidine groups is 1. The molecule has 1 unspecified atom stereocenters. The third-order valence-electron chi connectivity index (χ3n) is 4.15. The van der Waals surface area contributed by atoms with Gasteiger partial charge in [0.05, 0.1) is 12.3 Å². The average Bonchev–Trinajstić information content (AvgIpc) is 3.12. The fourth-order valence-corrected chi connectivity index (χ4v) is 2.98. The highest BCUT2D eigenvalue weighted by Crippen LogP contribution is 2.13. The summed E-state index contributed by atoms with van der Waals surface area (Å²) < 4.78 is 7.53. The summed E-state index contributed by atoms with van der Waals surface area (Å²) in [4.78, 5) is 6.98. The van der Waals surface area contributed by atoms with Gasteiger partial charge in [-0.1, -0.05) is 0 Å². The monoisotopic (exact) mass is 321 g/mol. The number of aromatic nitrogens is 2. The summed E-state index contributed by atoms with van der Waals surface area (Å²) in [6.45, 7) is 11.6. The summed E-state index contributed by atoms with van der Waals surface area (Å²) in [6.07, 6.45) is 2.15. The molecule has 0 amide bonds. The van der Waals surface area contributed by atoms with Crippen LogP contribution in [0.25, 0.3) is 0 Å². The topological polar surface area (TPSA) is 54.7 Å². The molecular formula is C17H31N5O. The molecule has 0 bridgehead atoms. The number of nitrogens with one attached hydrogen (secondary N) is 1. The lowest BCUT2D eigenvalue weighted by Crippen LogP contribution is -2.41. The van der Waals surface area contributed by atoms with Crippen LogP contribution < -0.4 is 5.32 Å². The van der Waals surface area contributed by atoms with Gasteiger partial charge in [0.15, 0.2) is 5.96 Å². The van der Waals surface area contributed by atoms with Crippen molar-refractivity contribution in [3.63, 3.8) is 0 Å². The lowest BCUT2D eigenvalue weighted by molar-refractivity contribution is 0.181. The number of aryl methyl sites for hydroxylation is 3. The van der Waals surface area contributed by atoms with Crippen molar-refractivity contribution >= 4 is 5.96 Å². The maximum absolute atomic E-state index is 5.46. The average molecular weight is 321 g/mol. The molecule has 0 saturated carbocycles. The number of aliphatic imine (C=N–C) groups is 1. The van der Waals surface area contributed by atoms with Crippen molar-refractivity contribution in [2.75, 3.05) is 39.9 Å². The lowest BCUT2D eigenvalue weighted by atomic mass is 10.1. The smallest absolute Gasteiger partial charge is 0.193 e. The number of hydrogen-bond donors (Lipinski definition) is 1. The molecule has 6 heteroatoms. The van der Waals surface area contributed by atoms with E-state index in [0.717, 1.165) is 63.9 Å². The first-order chi connectivity index (χ1) is 11.1. The van der Waals surface area contributed by atoms with Gasteiger partial charge in [-0.05, 0) is 39.7 Å². The molecule has 1 N–H and O–H groups in total. The van der Waals surface area contributed by atoms with Gasteiger partial charge in [0.2, 0.25) is 0 Å². The van der Waals surface area contributed by atoms with E-state index >= 15 is 0 Å². The highest BCUT2D eigenvalue weighted by atomic mass is 16.5. The van der Waals surface area contributed by atoms with Gasteiger partial charge in [-0.3, -0.25) is 9.67 Å². The first kappa shape index (κ1) is 17.8. The summed E-state index contributed by atoms with van der Waals surface area (Å²) in [5.41, 5.74) is 2.30. The zero-order valence-corrected chi connectivity index (χ0v) is 15.0. The standard InChI is InChI=1S/C17H31N5O/c1-5-18-17(21(4)12-16-7-10-23-13-16)19-8-6-9-22-15(3)11-14(2)20-22/h11,16H,5-10,12-13H2,1-4H3,(H,18,19). The Morgan fingerprint density at radius 2 is 2.35 bits per heavy atom. The Morgan fingerprint density at radius 1 is 1.52 bits per heavy atom. The predicted molar refractivity (Wildman–Crippen MR) is 93.9 cm³/mol. The molecule has 2 heterocycles. The molecule has 1 aromatic rings. The summed E-state index contributed by atoms with van der Waals surface area (Å²) >= 11 is 0. The van der Waals surface area contributed by atoms with Gasteiger partial charge in [0.1, 0.15) is 0 Å². The van der Waals surface area contributed by atoms with E-state index in [2.05, 4.69) is 47.0 Å². The van der Waals surface area contributed by atoms with Crippen LogP contribution in [0.1, 0.15) is 31.2 Å². The van der Waals surface area contributed by atoms with Crippen LogP contribution in [-0.4, -0.2) is 60.5 Å². The van der Waals surface area contributed by atoms with Crippen LogP contribution in [0.15, 0.2) is 11.1 Å². The van der Waals surface area contributed by atoms with E-state index in [1.165, 1.54) is 5.69 Å². The Balaban J connectivity index is 1.81. The molecule has 0 radical (unpaired) electrons. The van der Waals surface area contributed by atoms with Crippen LogP contribution in [-0.2, 0) is 11.3 Å². The Hall–Kier alpha value is -1.56. The van der Waals surface area contributed by atoms with Crippen molar-refractivity contribution in [2.45, 2.75) is 40.2 Å². The van der Waals surface area contributed by atoms with Gasteiger partial charge >= 0.3 is 0 Å². The van der Waals surface area contributed by atoms with Gasteiger partial charge in [0.25, 0.3) is 0 Å². The van der Waals surface area contributed by atoms with Gasteiger partial charge in [-0.25, -0.2) is 0 Å². The molecule has 1 saturated heterocycles. The van der Waals surface area contributed by atoms with Crippen molar-refractivity contribution in [1.82, 2.24) is 20.0 Å². The quantitative estimate of drug-likeness (QED) is 0.473. The zero-order valence-electron chi connectivity index (χ0n) is 15.0. The molecule has 0 aliphatic carbocycles. The highest BCUT2D eigenvalue weighted by molar-refractivity contribution is 5.79. The van der Waals surface area contributed by atoms with E-state index in [0.29, 0.717) is 5.92 Å². The maximum Gasteiger partial charge on any atom is 0.193 e. The fraction of sp³-hybridized carbons (Fsp3) is 0.765. The Bertz CT molecular complexity index is 505. The second-order valence-electron chi connectivity index (χ2n) is 6.35. The molecule has 1 atom stereocenters. The van der Waals surface area contributed by atoms with E-state index in [1.807, 2.05) is 6.92 Å². The van der Waals surface area contributed by atoms with Crippen molar-refractivity contribution in [1.29, 1.82) is 0 Å². The van der Waals surface area contributed by atoms with Crippen LogP contribution >= 0.6 is 0 Å². The van der Waals surface area contributed by atoms with E-state index in [1.54, 1.807) is 0 Å². The first-order valence-corrected chi connectivity index (χ1v) is 8.68. The Kier molecular flexibility index (Phi) is 6.89. The van der Waals surface area contributed by atoms with Crippen molar-refractivity contribution < 1.29 is 4.74 Å². The molecule has 1 aromatic heterocycles. The molecule has 1 aliphatic heterocycles. The van der Waals surface area contributed by atoms with Gasteiger partial charge in [-0.2, -0.15) is 5.10 Å². The maximum atomic E-state index is 5.46. The number of ether oxygens (including phenoxy) is 1. The van der Waals surface area contributed by atoms with Crippen molar-refractivity contribution in [2.24, 2.45) is 10.9 Å². The molecule has 0 spiro atoms. The second kappa shape index (κ2) is 8.91. The second-order valence-corrected chi connectivity index (χ2v) is 6.35. The van der Waals surface area contributed by atoms with Crippen molar-refractivity contribution in [3.8, 4) is 0 Å². The van der Waals surface area contributed by atoms with Crippen LogP contribution in [0.5, 0.6) is 0 Å². The SMILES string of the molecule is CCNC(=NCCCn1nc(C)cc1C)N(C)CC1CCOC1. The fourth-order valence-electron chi connectivity index (χ4n) is 2.98. The number of rotatable bonds is 7. The van der Waals surface area contributed by atoms with Crippen LogP contribution in [0, 0.1) is 19.8 Å². The van der Waals surface area contributed by atoms with Gasteiger partial charge < -0.3 is 15.0 Å². The van der Waals surface area contributed by atoms with E-state index in [4.69, 9.17) is 9.73 Å². The normalized spacial score (nSPS) is 18.4. The Morgan fingerprint density at radius 3 is 2.96 bits per heavy atom. The molecule has 130 valence electrons. The van der Waals surface area contributed by atoms with Crippen LogP contribution in [0.4, 0.5) is 0 Å². The number of nitrogens with zero attached hydrogens (tertiary/aromatic N) is 4. The Labute approximate surface area is 139 Å². The molecule has 23 heavy (non-hydrogen) atoms. The molecule has 1 fully saturated rings. The first-order valence-electron chi connectivity index (χ1n) is 8.68. The minimum absolute atomic E-state index is 0.624. The lowest BCUT2D eigenvalue weighted by Gasteiger charge is -2.24. The van der Waals surface area contributed by atoms with Crippen LogP contribution in [0.3, 0.4) is 0 Å². The van der Waals surface area contributed by atoms with Gasteiger partial charge in [-0.15, -0.1) is 0 Å². The molecule has 6 nitrogen and oxygen atoms in total. The molecular weight excluding hydrogens is 290 g/mol. The molecule has 2 rings (SSSR count). The summed E-state index contributed by atoms with van der Waals surface area (Å²) in [7, 11) is 2.11. The number of hydrogen-bond acceptors (Lipinski definition) is 3. The molecule has 1 aliphatic rings. The summed E-state index contributed by atoms with van der Waals surface area (Å²) in [6, 6.07) is 2.12. The summed E-state index contributed by atoms with van der Waals surface area (Å²) in [5, 5.41) is 7.88. The van der Waals surface area contributed by atoms with Gasteiger partial charge in [0, 0.05) is 51.4 Å². The van der Waals surface area contributed by atoms with Crippen molar-refractivity contribution in [3.05, 3.63) is 17.5 Å².